The highest BCUT2D eigenvalue weighted by molar-refractivity contribution is 5.41. The molecule has 0 saturated heterocycles. The van der Waals surface area contributed by atoms with E-state index in [2.05, 4.69) is 16.8 Å². The highest BCUT2D eigenvalue weighted by atomic mass is 16.3. The van der Waals surface area contributed by atoms with Crippen molar-refractivity contribution in [1.29, 1.82) is 0 Å². The molecule has 1 aromatic rings. The first kappa shape index (κ1) is 11.0. The summed E-state index contributed by atoms with van der Waals surface area (Å²) in [5.74, 6) is 0.953. The molecule has 1 N–H and O–H groups in total. The Balaban J connectivity index is 3.00. The van der Waals surface area contributed by atoms with E-state index in [-0.39, 0.29) is 0 Å². The maximum Gasteiger partial charge on any atom is 0.128 e. The topological polar surface area (TPSA) is 36.4 Å². The molecule has 0 fully saturated rings. The highest BCUT2D eigenvalue weighted by Gasteiger charge is 2.07. The highest BCUT2D eigenvalue weighted by Crippen LogP contribution is 2.18. The van der Waals surface area contributed by atoms with Crippen LogP contribution in [0.4, 0.5) is 5.82 Å². The van der Waals surface area contributed by atoms with Crippen LogP contribution in [-0.4, -0.2) is 23.7 Å². The number of aromatic nitrogens is 1. The number of rotatable bonds is 3. The third-order valence-electron chi connectivity index (χ3n) is 2.43. The van der Waals surface area contributed by atoms with Crippen molar-refractivity contribution in [3.8, 4) is 0 Å². The van der Waals surface area contributed by atoms with E-state index in [0.717, 1.165) is 23.6 Å². The van der Waals surface area contributed by atoms with E-state index in [1.54, 1.807) is 6.92 Å². The van der Waals surface area contributed by atoms with E-state index in [0.29, 0.717) is 0 Å². The molecular weight excluding hydrogens is 176 g/mol. The largest absolute Gasteiger partial charge is 0.389 e. The zero-order chi connectivity index (χ0) is 10.7. The molecule has 3 nitrogen and oxygen atoms in total. The van der Waals surface area contributed by atoms with Crippen molar-refractivity contribution in [2.75, 3.05) is 18.5 Å². The molecule has 1 rings (SSSR count). The lowest BCUT2D eigenvalue weighted by atomic mass is 10.1. The van der Waals surface area contributed by atoms with Gasteiger partial charge < -0.3 is 10.0 Å². The lowest BCUT2D eigenvalue weighted by Crippen LogP contribution is -2.17. The number of nitrogens with zero attached hydrogens (tertiary/aromatic N) is 2. The van der Waals surface area contributed by atoms with Crippen LogP contribution in [0, 0.1) is 6.92 Å². The average Bonchev–Trinajstić information content (AvgIpc) is 2.15. The Kier molecular flexibility index (Phi) is 3.47. The van der Waals surface area contributed by atoms with Crippen LogP contribution >= 0.6 is 0 Å². The monoisotopic (exact) mass is 194 g/mol. The molecule has 1 heterocycles. The molecule has 0 radical (unpaired) electrons. The predicted molar refractivity (Wildman–Crippen MR) is 58.6 cm³/mol. The minimum Gasteiger partial charge on any atom is -0.389 e. The Morgan fingerprint density at radius 1 is 1.50 bits per heavy atom. The number of aliphatic hydroxyl groups excluding tert-OH is 1. The van der Waals surface area contributed by atoms with E-state index in [1.807, 2.05) is 26.1 Å². The summed E-state index contributed by atoms with van der Waals surface area (Å²) < 4.78 is 0. The quantitative estimate of drug-likeness (QED) is 0.798. The molecule has 1 aromatic heterocycles. The van der Waals surface area contributed by atoms with Crippen LogP contribution in [-0.2, 0) is 0 Å². The summed E-state index contributed by atoms with van der Waals surface area (Å²) in [5, 5.41) is 9.44. The molecule has 78 valence electrons. The number of hydrogen-bond acceptors (Lipinski definition) is 3. The van der Waals surface area contributed by atoms with Crippen molar-refractivity contribution in [2.24, 2.45) is 0 Å². The maximum atomic E-state index is 9.44. The van der Waals surface area contributed by atoms with Crippen LogP contribution in [0.25, 0.3) is 0 Å². The van der Waals surface area contributed by atoms with E-state index >= 15 is 0 Å². The Labute approximate surface area is 85.4 Å². The molecule has 0 bridgehead atoms. The van der Waals surface area contributed by atoms with Crippen molar-refractivity contribution in [1.82, 2.24) is 4.98 Å². The second-order valence-corrected chi connectivity index (χ2v) is 3.53. The molecule has 0 aliphatic heterocycles. The van der Waals surface area contributed by atoms with Gasteiger partial charge >= 0.3 is 0 Å². The third kappa shape index (κ3) is 2.23. The number of aryl methyl sites for hydroxylation is 1. The van der Waals surface area contributed by atoms with Gasteiger partial charge in [-0.15, -0.1) is 0 Å². The molecule has 0 aliphatic carbocycles. The predicted octanol–water partition coefficient (Wildman–Crippen LogP) is 1.90. The fourth-order valence-electron chi connectivity index (χ4n) is 1.37. The molecule has 0 aromatic carbocycles. The number of anilines is 1. The van der Waals surface area contributed by atoms with Crippen molar-refractivity contribution >= 4 is 5.82 Å². The Morgan fingerprint density at radius 2 is 2.14 bits per heavy atom. The summed E-state index contributed by atoms with van der Waals surface area (Å²) in [6.07, 6.45) is -0.441. The van der Waals surface area contributed by atoms with E-state index in [4.69, 9.17) is 0 Å². The average molecular weight is 194 g/mol. The molecule has 0 spiro atoms. The van der Waals surface area contributed by atoms with Gasteiger partial charge in [0, 0.05) is 24.8 Å². The van der Waals surface area contributed by atoms with Gasteiger partial charge in [-0.1, -0.05) is 6.07 Å². The van der Waals surface area contributed by atoms with Crippen LogP contribution in [0.5, 0.6) is 0 Å². The van der Waals surface area contributed by atoms with Gasteiger partial charge in [0.15, 0.2) is 0 Å². The molecule has 3 heteroatoms. The summed E-state index contributed by atoms with van der Waals surface area (Å²) in [4.78, 5) is 6.50. The Bertz CT molecular complexity index is 310. The molecule has 0 saturated carbocycles. The van der Waals surface area contributed by atoms with Crippen molar-refractivity contribution in [3.63, 3.8) is 0 Å². The van der Waals surface area contributed by atoms with Crippen LogP contribution in [0.15, 0.2) is 12.1 Å². The molecular formula is C11H18N2O. The van der Waals surface area contributed by atoms with Gasteiger partial charge in [0.25, 0.3) is 0 Å². The molecule has 14 heavy (non-hydrogen) atoms. The van der Waals surface area contributed by atoms with Crippen LogP contribution in [0.3, 0.4) is 0 Å². The SMILES string of the molecule is CCN(C)c1ccc(C(C)O)c(C)n1. The zero-order valence-corrected chi connectivity index (χ0v) is 9.28. The summed E-state index contributed by atoms with van der Waals surface area (Å²) in [6.45, 7) is 6.70. The van der Waals surface area contributed by atoms with Crippen LogP contribution in [0.1, 0.15) is 31.2 Å². The third-order valence-corrected chi connectivity index (χ3v) is 2.43. The van der Waals surface area contributed by atoms with Gasteiger partial charge in [-0.2, -0.15) is 0 Å². The number of hydrogen-bond donors (Lipinski definition) is 1. The summed E-state index contributed by atoms with van der Waals surface area (Å²) in [7, 11) is 2.00. The first-order valence-electron chi connectivity index (χ1n) is 4.93. The van der Waals surface area contributed by atoms with E-state index in [1.165, 1.54) is 0 Å². The van der Waals surface area contributed by atoms with Crippen LogP contribution in [0.2, 0.25) is 0 Å². The zero-order valence-electron chi connectivity index (χ0n) is 9.28. The molecule has 1 atom stereocenters. The first-order valence-corrected chi connectivity index (χ1v) is 4.93. The van der Waals surface area contributed by atoms with Gasteiger partial charge in [-0.05, 0) is 26.8 Å². The van der Waals surface area contributed by atoms with Gasteiger partial charge in [-0.3, -0.25) is 0 Å². The van der Waals surface area contributed by atoms with Gasteiger partial charge in [-0.25, -0.2) is 4.98 Å². The summed E-state index contributed by atoms with van der Waals surface area (Å²) in [6, 6.07) is 3.88. The first-order chi connectivity index (χ1) is 6.56. The van der Waals surface area contributed by atoms with Crippen molar-refractivity contribution < 1.29 is 5.11 Å². The van der Waals surface area contributed by atoms with Crippen molar-refractivity contribution in [3.05, 3.63) is 23.4 Å². The minimum absolute atomic E-state index is 0.441. The fraction of sp³-hybridized carbons (Fsp3) is 0.545. The molecule has 0 aliphatic rings. The minimum atomic E-state index is -0.441. The number of aliphatic hydroxyl groups is 1. The molecule has 0 amide bonds. The second kappa shape index (κ2) is 4.42. The second-order valence-electron chi connectivity index (χ2n) is 3.53. The van der Waals surface area contributed by atoms with Crippen molar-refractivity contribution in [2.45, 2.75) is 26.9 Å². The Morgan fingerprint density at radius 3 is 2.57 bits per heavy atom. The molecule has 1 unspecified atom stereocenters. The summed E-state index contributed by atoms with van der Waals surface area (Å²) >= 11 is 0. The lowest BCUT2D eigenvalue weighted by Gasteiger charge is -2.17. The number of pyridine rings is 1. The fourth-order valence-corrected chi connectivity index (χ4v) is 1.37. The maximum absolute atomic E-state index is 9.44. The van der Waals surface area contributed by atoms with Gasteiger partial charge in [0.1, 0.15) is 5.82 Å². The van der Waals surface area contributed by atoms with Crippen LogP contribution < -0.4 is 4.90 Å². The van der Waals surface area contributed by atoms with Gasteiger partial charge in [0.2, 0.25) is 0 Å². The standard InChI is InChI=1S/C11H18N2O/c1-5-13(4)11-7-6-10(9(3)14)8(2)12-11/h6-7,9,14H,5H2,1-4H3. The smallest absolute Gasteiger partial charge is 0.128 e. The normalized spacial score (nSPS) is 12.6. The Hall–Kier alpha value is -1.09. The summed E-state index contributed by atoms with van der Waals surface area (Å²) in [5.41, 5.74) is 1.80. The van der Waals surface area contributed by atoms with E-state index in [9.17, 15) is 5.11 Å². The van der Waals surface area contributed by atoms with Gasteiger partial charge in [0.05, 0.1) is 6.10 Å². The van der Waals surface area contributed by atoms with E-state index < -0.39 is 6.10 Å². The lowest BCUT2D eigenvalue weighted by molar-refractivity contribution is 0.198.